The van der Waals surface area contributed by atoms with E-state index in [4.69, 9.17) is 4.74 Å². The molecular weight excluding hydrogens is 326 g/mol. The quantitative estimate of drug-likeness (QED) is 0.742. The number of ether oxygens (including phenoxy) is 1. The first-order valence-electron chi connectivity index (χ1n) is 8.52. The first kappa shape index (κ1) is 16.1. The van der Waals surface area contributed by atoms with Crippen LogP contribution >= 0.6 is 0 Å². The number of aromatic amines is 2. The van der Waals surface area contributed by atoms with Crippen LogP contribution in [0.2, 0.25) is 0 Å². The molecule has 0 bridgehead atoms. The van der Waals surface area contributed by atoms with Crippen molar-refractivity contribution in [1.82, 2.24) is 10.2 Å². The molecule has 5 nitrogen and oxygen atoms in total. The summed E-state index contributed by atoms with van der Waals surface area (Å²) in [7, 11) is 1.64. The minimum absolute atomic E-state index is 0.127. The highest BCUT2D eigenvalue weighted by atomic mass is 16.5. The average Bonchev–Trinajstić information content (AvgIpc) is 3.24. The van der Waals surface area contributed by atoms with Gasteiger partial charge in [0.1, 0.15) is 5.75 Å². The summed E-state index contributed by atoms with van der Waals surface area (Å²) in [6, 6.07) is 16.0. The molecule has 0 aliphatic carbocycles. The van der Waals surface area contributed by atoms with E-state index in [2.05, 4.69) is 27.3 Å². The molecule has 26 heavy (non-hydrogen) atoms. The molecule has 0 fully saturated rings. The first-order valence-corrected chi connectivity index (χ1v) is 8.52. The fourth-order valence-electron chi connectivity index (χ4n) is 3.10. The van der Waals surface area contributed by atoms with E-state index in [-0.39, 0.29) is 5.56 Å². The molecule has 0 radical (unpaired) electrons. The van der Waals surface area contributed by atoms with E-state index >= 15 is 0 Å². The van der Waals surface area contributed by atoms with Gasteiger partial charge in [-0.2, -0.15) is 0 Å². The van der Waals surface area contributed by atoms with Crippen LogP contribution in [0.25, 0.3) is 12.2 Å². The average molecular weight is 345 g/mol. The van der Waals surface area contributed by atoms with Crippen LogP contribution in [0.3, 0.4) is 0 Å². The number of nitrogens with one attached hydrogen (secondary N) is 2. The van der Waals surface area contributed by atoms with Crippen LogP contribution in [0, 0.1) is 0 Å². The minimum Gasteiger partial charge on any atom is -0.497 e. The molecule has 1 aliphatic rings. The van der Waals surface area contributed by atoms with Gasteiger partial charge in [-0.05, 0) is 48.8 Å². The highest BCUT2D eigenvalue weighted by Gasteiger charge is 2.10. The van der Waals surface area contributed by atoms with E-state index in [0.29, 0.717) is 5.56 Å². The Kier molecular flexibility index (Phi) is 4.27. The van der Waals surface area contributed by atoms with Gasteiger partial charge in [0.2, 0.25) is 0 Å². The van der Waals surface area contributed by atoms with E-state index < -0.39 is 0 Å². The molecule has 2 heterocycles. The lowest BCUT2D eigenvalue weighted by atomic mass is 10.1. The molecule has 0 saturated carbocycles. The van der Waals surface area contributed by atoms with E-state index in [9.17, 15) is 4.79 Å². The number of benzene rings is 2. The monoisotopic (exact) mass is 345 g/mol. The van der Waals surface area contributed by atoms with Crippen molar-refractivity contribution < 1.29 is 4.74 Å². The Labute approximate surface area is 150 Å². The van der Waals surface area contributed by atoms with E-state index in [0.717, 1.165) is 40.6 Å². The van der Waals surface area contributed by atoms with Crippen LogP contribution in [-0.4, -0.2) is 17.3 Å². The van der Waals surface area contributed by atoms with Gasteiger partial charge < -0.3 is 9.84 Å². The lowest BCUT2D eigenvalue weighted by Crippen LogP contribution is -2.20. The highest BCUT2D eigenvalue weighted by molar-refractivity contribution is 5.66. The number of rotatable bonds is 5. The van der Waals surface area contributed by atoms with Crippen LogP contribution in [-0.2, 0) is 12.8 Å². The van der Waals surface area contributed by atoms with Crippen molar-refractivity contribution in [2.24, 2.45) is 4.99 Å². The van der Waals surface area contributed by atoms with Gasteiger partial charge in [0.05, 0.1) is 23.7 Å². The molecule has 0 amide bonds. The number of H-pyrrole nitrogens is 2. The molecule has 3 aromatic rings. The summed E-state index contributed by atoms with van der Waals surface area (Å²) < 4.78 is 5.25. The third kappa shape index (κ3) is 3.24. The Balaban J connectivity index is 1.63. The van der Waals surface area contributed by atoms with E-state index in [1.165, 1.54) is 5.56 Å². The lowest BCUT2D eigenvalue weighted by molar-refractivity contribution is 0.414. The molecule has 0 atom stereocenters. The van der Waals surface area contributed by atoms with Gasteiger partial charge in [-0.15, -0.1) is 0 Å². The maximum Gasteiger partial charge on any atom is 0.271 e. The molecule has 130 valence electrons. The van der Waals surface area contributed by atoms with E-state index in [1.54, 1.807) is 7.11 Å². The number of aromatic nitrogens is 2. The molecule has 1 aromatic heterocycles. The second kappa shape index (κ2) is 6.88. The Hall–Kier alpha value is -3.34. The van der Waals surface area contributed by atoms with Crippen molar-refractivity contribution in [3.05, 3.63) is 92.0 Å². The summed E-state index contributed by atoms with van der Waals surface area (Å²) in [5.74, 6) is 0.791. The third-order valence-corrected chi connectivity index (χ3v) is 4.48. The number of nitrogens with zero attached hydrogens (tertiary/aromatic N) is 1. The molecule has 2 N–H and O–H groups in total. The fraction of sp³-hybridized carbons (Fsp3) is 0.143. The standard InChI is InChI=1S/C21H19N3O2/c1-26-17-8-10-19-15(12-17)11-16(22-19)13-18-20(23-24-21(18)25)9-7-14-5-3-2-4-6-14/h2-6,8,10-13H,7,9H2,1H3,(H2,23,24,25). The maximum absolute atomic E-state index is 12.2. The van der Waals surface area contributed by atoms with Crippen LogP contribution in [0.15, 0.2) is 64.0 Å². The number of fused-ring (bicyclic) bond motifs is 1. The molecular formula is C21H19N3O2. The van der Waals surface area contributed by atoms with Crippen molar-refractivity contribution in [2.45, 2.75) is 12.8 Å². The number of allylic oxidation sites excluding steroid dienone is 1. The normalized spacial score (nSPS) is 14.0. The number of aryl methyl sites for hydroxylation is 2. The maximum atomic E-state index is 12.2. The summed E-state index contributed by atoms with van der Waals surface area (Å²) in [5.41, 5.74) is 3.40. The minimum atomic E-state index is -0.127. The number of hydrogen-bond acceptors (Lipinski definition) is 3. The second-order valence-electron chi connectivity index (χ2n) is 6.21. The molecule has 0 saturated heterocycles. The van der Waals surface area contributed by atoms with Crippen molar-refractivity contribution in [3.63, 3.8) is 0 Å². The van der Waals surface area contributed by atoms with Crippen LogP contribution in [0.1, 0.15) is 16.8 Å². The second-order valence-corrected chi connectivity index (χ2v) is 6.21. The van der Waals surface area contributed by atoms with Gasteiger partial charge in [0, 0.05) is 10.9 Å². The van der Waals surface area contributed by atoms with Crippen LogP contribution in [0.5, 0.6) is 5.75 Å². The van der Waals surface area contributed by atoms with Gasteiger partial charge >= 0.3 is 0 Å². The van der Waals surface area contributed by atoms with Gasteiger partial charge in [-0.3, -0.25) is 9.89 Å². The van der Waals surface area contributed by atoms with Gasteiger partial charge in [-0.1, -0.05) is 30.3 Å². The largest absolute Gasteiger partial charge is 0.497 e. The van der Waals surface area contributed by atoms with Crippen LogP contribution in [0.4, 0.5) is 0 Å². The van der Waals surface area contributed by atoms with Crippen LogP contribution < -0.4 is 20.9 Å². The molecule has 0 unspecified atom stereocenters. The zero-order chi connectivity index (χ0) is 17.9. The molecule has 4 rings (SSSR count). The summed E-state index contributed by atoms with van der Waals surface area (Å²) in [6.07, 6.45) is 5.42. The Morgan fingerprint density at radius 3 is 2.73 bits per heavy atom. The topological polar surface area (TPSA) is 70.2 Å². The predicted molar refractivity (Wildman–Crippen MR) is 101 cm³/mol. The van der Waals surface area contributed by atoms with Crippen molar-refractivity contribution in [2.75, 3.05) is 7.11 Å². The number of methoxy groups -OCH3 is 1. The van der Waals surface area contributed by atoms with Gasteiger partial charge in [0.25, 0.3) is 5.56 Å². The lowest BCUT2D eigenvalue weighted by Gasteiger charge is -2.01. The SMILES string of the molecule is COc1ccc2c(c1)=CC(=Cc1c(CCc3ccccc3)[nH][nH]c1=O)N=2. The zero-order valence-electron chi connectivity index (χ0n) is 14.5. The fourth-order valence-corrected chi connectivity index (χ4v) is 3.10. The van der Waals surface area contributed by atoms with E-state index in [1.807, 2.05) is 48.6 Å². The summed E-state index contributed by atoms with van der Waals surface area (Å²) in [4.78, 5) is 16.8. The van der Waals surface area contributed by atoms with Crippen molar-refractivity contribution in [1.29, 1.82) is 0 Å². The Bertz CT molecular complexity index is 1140. The first-order chi connectivity index (χ1) is 12.7. The Morgan fingerprint density at radius 2 is 1.92 bits per heavy atom. The Morgan fingerprint density at radius 1 is 1.08 bits per heavy atom. The molecule has 1 aliphatic heterocycles. The third-order valence-electron chi connectivity index (χ3n) is 4.48. The summed E-state index contributed by atoms with van der Waals surface area (Å²) in [5, 5.41) is 7.56. The zero-order valence-corrected chi connectivity index (χ0v) is 14.5. The predicted octanol–water partition coefficient (Wildman–Crippen LogP) is 1.95. The summed E-state index contributed by atoms with van der Waals surface area (Å²) in [6.45, 7) is 0. The molecule has 0 spiro atoms. The highest BCUT2D eigenvalue weighted by Crippen LogP contribution is 2.13. The van der Waals surface area contributed by atoms with Crippen molar-refractivity contribution >= 4 is 12.2 Å². The molecule has 2 aromatic carbocycles. The smallest absolute Gasteiger partial charge is 0.271 e. The number of hydrogen-bond donors (Lipinski definition) is 2. The van der Waals surface area contributed by atoms with Gasteiger partial charge in [-0.25, -0.2) is 4.99 Å². The summed E-state index contributed by atoms with van der Waals surface area (Å²) >= 11 is 0. The van der Waals surface area contributed by atoms with Gasteiger partial charge in [0.15, 0.2) is 0 Å². The molecule has 5 heteroatoms. The van der Waals surface area contributed by atoms with Crippen molar-refractivity contribution in [3.8, 4) is 5.75 Å².